The number of fused-ring (bicyclic) bond motifs is 1. The fraction of sp³-hybridized carbons (Fsp3) is 0.0435. The number of hydrogen-bond donors (Lipinski definition) is 3. The summed E-state index contributed by atoms with van der Waals surface area (Å²) in [5.74, 6) is -5.33. The number of rotatable bonds is 5. The van der Waals surface area contributed by atoms with Crippen LogP contribution in [0.15, 0.2) is 66.7 Å². The lowest BCUT2D eigenvalue weighted by Crippen LogP contribution is -2.35. The van der Waals surface area contributed by atoms with E-state index in [4.69, 9.17) is 5.73 Å². The van der Waals surface area contributed by atoms with Crippen LogP contribution in [-0.2, 0) is 4.79 Å². The van der Waals surface area contributed by atoms with Crippen LogP contribution in [0.1, 0.15) is 21.0 Å². The Kier molecular flexibility index (Phi) is 6.29. The minimum Gasteiger partial charge on any atom is -0.397 e. The summed E-state index contributed by atoms with van der Waals surface area (Å²) >= 11 is 0. The van der Waals surface area contributed by atoms with E-state index in [9.17, 15) is 31.9 Å². The van der Waals surface area contributed by atoms with Gasteiger partial charge < -0.3 is 21.2 Å². The fourth-order valence-corrected chi connectivity index (χ4v) is 3.10. The predicted molar refractivity (Wildman–Crippen MR) is 121 cm³/mol. The molecular formula is C23H15F4N5O4. The third kappa shape index (κ3) is 5.09. The Balaban J connectivity index is 1.53. The van der Waals surface area contributed by atoms with E-state index in [1.807, 2.05) is 0 Å². The first kappa shape index (κ1) is 24.2. The Bertz CT molecular complexity index is 1480. The van der Waals surface area contributed by atoms with Crippen LogP contribution in [0.5, 0.6) is 0 Å². The molecule has 13 heteroatoms. The zero-order valence-corrected chi connectivity index (χ0v) is 18.0. The molecule has 0 saturated heterocycles. The van der Waals surface area contributed by atoms with Gasteiger partial charge >= 0.3 is 12.1 Å². The van der Waals surface area contributed by atoms with Gasteiger partial charge in [-0.3, -0.25) is 9.59 Å². The van der Waals surface area contributed by atoms with E-state index in [2.05, 4.69) is 20.5 Å². The Hall–Kier alpha value is -4.94. The highest BCUT2D eigenvalue weighted by Gasteiger charge is 2.43. The van der Waals surface area contributed by atoms with Crippen LogP contribution < -0.4 is 21.2 Å². The molecule has 0 saturated carbocycles. The van der Waals surface area contributed by atoms with Gasteiger partial charge in [0.1, 0.15) is 11.3 Å². The van der Waals surface area contributed by atoms with Gasteiger partial charge in [-0.1, -0.05) is 12.1 Å². The molecule has 0 spiro atoms. The van der Waals surface area contributed by atoms with Crippen LogP contribution in [0.25, 0.3) is 11.0 Å². The average molecular weight is 501 g/mol. The summed E-state index contributed by atoms with van der Waals surface area (Å²) in [4.78, 5) is 44.9. The highest BCUT2D eigenvalue weighted by atomic mass is 19.4. The zero-order chi connectivity index (χ0) is 26.0. The Labute approximate surface area is 199 Å². The molecule has 0 unspecified atom stereocenters. The second kappa shape index (κ2) is 9.37. The van der Waals surface area contributed by atoms with Gasteiger partial charge in [-0.15, -0.1) is 4.73 Å². The van der Waals surface area contributed by atoms with Gasteiger partial charge in [0.2, 0.25) is 5.82 Å². The number of nitrogens with two attached hydrogens (primary N) is 1. The van der Waals surface area contributed by atoms with Crippen molar-refractivity contribution >= 4 is 45.9 Å². The molecule has 2 amide bonds. The molecule has 1 heterocycles. The molecule has 0 fully saturated rings. The molecule has 0 aliphatic rings. The van der Waals surface area contributed by atoms with E-state index in [0.29, 0.717) is 4.73 Å². The molecular weight excluding hydrogens is 486 g/mol. The number of anilines is 3. The van der Waals surface area contributed by atoms with E-state index in [1.165, 1.54) is 54.6 Å². The van der Waals surface area contributed by atoms with Gasteiger partial charge in [-0.2, -0.15) is 13.2 Å². The number of carbonyl (C=O) groups is 3. The maximum absolute atomic E-state index is 13.4. The summed E-state index contributed by atoms with van der Waals surface area (Å²) < 4.78 is 52.0. The van der Waals surface area contributed by atoms with Crippen molar-refractivity contribution in [2.45, 2.75) is 6.18 Å². The molecule has 4 aromatic rings. The maximum Gasteiger partial charge on any atom is 0.493 e. The number of imidazole rings is 1. The van der Waals surface area contributed by atoms with E-state index < -0.39 is 35.6 Å². The molecule has 3 aromatic carbocycles. The molecule has 184 valence electrons. The lowest BCUT2D eigenvalue weighted by atomic mass is 10.1. The van der Waals surface area contributed by atoms with Crippen LogP contribution >= 0.6 is 0 Å². The number of halogens is 4. The molecule has 4 N–H and O–H groups in total. The largest absolute Gasteiger partial charge is 0.493 e. The smallest absolute Gasteiger partial charge is 0.397 e. The fourth-order valence-electron chi connectivity index (χ4n) is 3.10. The monoisotopic (exact) mass is 501 g/mol. The van der Waals surface area contributed by atoms with E-state index in [0.717, 1.165) is 12.1 Å². The number of nitrogen functional groups attached to an aromatic ring is 1. The molecule has 0 aliphatic heterocycles. The molecule has 4 rings (SSSR count). The third-order valence-electron chi connectivity index (χ3n) is 4.80. The standard InChI is InChI=1S/C23H15F4N5O4/c24-13-7-10-15(28)17(11-13)31-20(33)12-5-8-14(9-6-12)29-21(34)19-30-16-3-1-2-4-18(16)32(19)36-22(35)23(25,26)27/h1-11H,28H2,(H,29,34)(H,31,33). The minimum absolute atomic E-state index is 0.0381. The number of amides is 2. The van der Waals surface area contributed by atoms with Crippen molar-refractivity contribution in [1.29, 1.82) is 0 Å². The quantitative estimate of drug-likeness (QED) is 0.282. The van der Waals surface area contributed by atoms with Gasteiger partial charge in [0, 0.05) is 11.3 Å². The van der Waals surface area contributed by atoms with E-state index >= 15 is 0 Å². The van der Waals surface area contributed by atoms with Crippen molar-refractivity contribution in [3.63, 3.8) is 0 Å². The highest BCUT2D eigenvalue weighted by Crippen LogP contribution is 2.22. The second-order valence-corrected chi connectivity index (χ2v) is 7.31. The van der Waals surface area contributed by atoms with Crippen molar-refractivity contribution in [3.05, 3.63) is 83.9 Å². The number of para-hydroxylation sites is 2. The van der Waals surface area contributed by atoms with E-state index in [1.54, 1.807) is 0 Å². The first-order valence-electron chi connectivity index (χ1n) is 10.1. The summed E-state index contributed by atoms with van der Waals surface area (Å²) in [6.45, 7) is 0. The molecule has 0 bridgehead atoms. The van der Waals surface area contributed by atoms with Gasteiger partial charge in [-0.05, 0) is 54.6 Å². The molecule has 0 radical (unpaired) electrons. The summed E-state index contributed by atoms with van der Waals surface area (Å²) in [7, 11) is 0. The van der Waals surface area contributed by atoms with E-state index in [-0.39, 0.29) is 33.7 Å². The number of nitrogens with one attached hydrogen (secondary N) is 2. The van der Waals surface area contributed by atoms with Gasteiger partial charge in [0.15, 0.2) is 0 Å². The topological polar surface area (TPSA) is 128 Å². The van der Waals surface area contributed by atoms with Crippen molar-refractivity contribution in [1.82, 2.24) is 9.71 Å². The summed E-state index contributed by atoms with van der Waals surface area (Å²) in [5.41, 5.74) is 6.31. The van der Waals surface area contributed by atoms with Crippen LogP contribution in [0.4, 0.5) is 34.6 Å². The number of carbonyl (C=O) groups excluding carboxylic acids is 3. The van der Waals surface area contributed by atoms with Gasteiger partial charge in [0.25, 0.3) is 11.8 Å². The van der Waals surface area contributed by atoms with Gasteiger partial charge in [0.05, 0.1) is 16.9 Å². The number of benzene rings is 3. The first-order valence-corrected chi connectivity index (χ1v) is 10.1. The van der Waals surface area contributed by atoms with Crippen LogP contribution in [0, 0.1) is 5.82 Å². The van der Waals surface area contributed by atoms with Crippen molar-refractivity contribution in [2.24, 2.45) is 0 Å². The van der Waals surface area contributed by atoms with Gasteiger partial charge in [-0.25, -0.2) is 14.2 Å². The summed E-state index contributed by atoms with van der Waals surface area (Å²) in [6.07, 6.45) is -5.30. The van der Waals surface area contributed by atoms with Crippen LogP contribution in [0.2, 0.25) is 0 Å². The van der Waals surface area contributed by atoms with Crippen molar-refractivity contribution < 1.29 is 36.8 Å². The van der Waals surface area contributed by atoms with Crippen molar-refractivity contribution in [3.8, 4) is 0 Å². The highest BCUT2D eigenvalue weighted by molar-refractivity contribution is 6.07. The maximum atomic E-state index is 13.4. The predicted octanol–water partition coefficient (Wildman–Crippen LogP) is 3.78. The Morgan fingerprint density at radius 1 is 0.917 bits per heavy atom. The number of aromatic nitrogens is 2. The molecule has 36 heavy (non-hydrogen) atoms. The molecule has 0 aliphatic carbocycles. The summed E-state index contributed by atoms with van der Waals surface area (Å²) in [5, 5.41) is 4.87. The van der Waals surface area contributed by atoms with Crippen LogP contribution in [0.3, 0.4) is 0 Å². The lowest BCUT2D eigenvalue weighted by molar-refractivity contribution is -0.199. The third-order valence-corrected chi connectivity index (χ3v) is 4.80. The SMILES string of the molecule is Nc1ccc(F)cc1NC(=O)c1ccc(NC(=O)c2nc3ccccc3n2OC(=O)C(F)(F)F)cc1. The molecule has 0 atom stereocenters. The normalized spacial score (nSPS) is 11.2. The number of nitrogens with zero attached hydrogens (tertiary/aromatic N) is 2. The number of hydrogen-bond acceptors (Lipinski definition) is 6. The first-order chi connectivity index (χ1) is 17.0. The average Bonchev–Trinajstić information content (AvgIpc) is 3.20. The zero-order valence-electron chi connectivity index (χ0n) is 18.0. The number of alkyl halides is 3. The lowest BCUT2D eigenvalue weighted by Gasteiger charge is -2.11. The molecule has 9 nitrogen and oxygen atoms in total. The Morgan fingerprint density at radius 2 is 1.61 bits per heavy atom. The Morgan fingerprint density at radius 3 is 2.31 bits per heavy atom. The second-order valence-electron chi connectivity index (χ2n) is 7.31. The summed E-state index contributed by atoms with van der Waals surface area (Å²) in [6, 6.07) is 14.6. The molecule has 1 aromatic heterocycles. The minimum atomic E-state index is -5.30. The van der Waals surface area contributed by atoms with Crippen LogP contribution in [-0.4, -0.2) is 33.7 Å². The van der Waals surface area contributed by atoms with Crippen molar-refractivity contribution in [2.75, 3.05) is 16.4 Å².